The summed E-state index contributed by atoms with van der Waals surface area (Å²) in [6.07, 6.45) is 4.35. The van der Waals surface area contributed by atoms with E-state index in [1.807, 2.05) is 54.6 Å². The van der Waals surface area contributed by atoms with Gasteiger partial charge in [-0.2, -0.15) is 0 Å². The third-order valence-corrected chi connectivity index (χ3v) is 5.84. The molecule has 1 aliphatic heterocycles. The number of carbonyl (C=O) groups excluding carboxylic acids is 2. The molecule has 1 aliphatic rings. The first kappa shape index (κ1) is 22.2. The third-order valence-electron chi connectivity index (χ3n) is 5.84. The molecule has 8 heteroatoms. The lowest BCUT2D eigenvalue weighted by molar-refractivity contribution is -0.115. The minimum absolute atomic E-state index is 0.0532. The second-order valence-corrected chi connectivity index (χ2v) is 8.34. The highest BCUT2D eigenvalue weighted by atomic mass is 16.2. The van der Waals surface area contributed by atoms with Crippen molar-refractivity contribution in [1.82, 2.24) is 19.9 Å². The van der Waals surface area contributed by atoms with Crippen molar-refractivity contribution in [1.29, 1.82) is 0 Å². The van der Waals surface area contributed by atoms with Crippen LogP contribution in [-0.4, -0.2) is 45.3 Å². The minimum atomic E-state index is -0.0919. The van der Waals surface area contributed by atoms with Gasteiger partial charge >= 0.3 is 0 Å². The molecule has 4 aromatic rings. The van der Waals surface area contributed by atoms with E-state index in [2.05, 4.69) is 25.6 Å². The number of nitrogens with one attached hydrogen (secondary N) is 2. The number of likely N-dealkylation sites (N-methyl/N-ethyl adjacent to an activating group) is 1. The molecule has 2 N–H and O–H groups in total. The number of pyridine rings is 1. The second kappa shape index (κ2) is 9.72. The molecule has 0 radical (unpaired) electrons. The van der Waals surface area contributed by atoms with Gasteiger partial charge < -0.3 is 15.5 Å². The lowest BCUT2D eigenvalue weighted by atomic mass is 10.1. The molecule has 0 spiro atoms. The van der Waals surface area contributed by atoms with Crippen LogP contribution in [0.2, 0.25) is 0 Å². The predicted octanol–water partition coefficient (Wildman–Crippen LogP) is 4.09. The maximum atomic E-state index is 12.8. The summed E-state index contributed by atoms with van der Waals surface area (Å²) in [6, 6.07) is 20.6. The van der Waals surface area contributed by atoms with Crippen molar-refractivity contribution in [3.05, 3.63) is 95.9 Å². The van der Waals surface area contributed by atoms with E-state index in [-0.39, 0.29) is 18.2 Å². The largest absolute Gasteiger partial charge is 0.341 e. The highest BCUT2D eigenvalue weighted by Crippen LogP contribution is 2.32. The number of para-hydroxylation sites is 1. The van der Waals surface area contributed by atoms with Gasteiger partial charge in [0.15, 0.2) is 0 Å². The first-order valence-electron chi connectivity index (χ1n) is 11.3. The smallest absolute Gasteiger partial charge is 0.253 e. The van der Waals surface area contributed by atoms with Gasteiger partial charge in [-0.05, 0) is 42.5 Å². The zero-order valence-corrected chi connectivity index (χ0v) is 19.2. The topological polar surface area (TPSA) is 100 Å². The number of anilines is 3. The van der Waals surface area contributed by atoms with E-state index in [0.29, 0.717) is 24.5 Å². The Morgan fingerprint density at radius 2 is 1.83 bits per heavy atom. The maximum Gasteiger partial charge on any atom is 0.253 e. The Hall–Kier alpha value is -4.59. The fraction of sp³-hybridized carbons (Fsp3) is 0.148. The van der Waals surface area contributed by atoms with Gasteiger partial charge in [-0.1, -0.05) is 24.3 Å². The average Bonchev–Trinajstić information content (AvgIpc) is 3.03. The predicted molar refractivity (Wildman–Crippen MR) is 134 cm³/mol. The van der Waals surface area contributed by atoms with Crippen LogP contribution in [0.25, 0.3) is 11.3 Å². The number of amides is 2. The zero-order valence-electron chi connectivity index (χ0n) is 19.2. The summed E-state index contributed by atoms with van der Waals surface area (Å²) in [7, 11) is 1.79. The summed E-state index contributed by atoms with van der Waals surface area (Å²) in [5.41, 5.74) is 5.39. The quantitative estimate of drug-likeness (QED) is 0.446. The fourth-order valence-electron chi connectivity index (χ4n) is 3.97. The lowest BCUT2D eigenvalue weighted by Gasteiger charge is -2.17. The van der Waals surface area contributed by atoms with Gasteiger partial charge in [0.1, 0.15) is 0 Å². The monoisotopic (exact) mass is 464 g/mol. The molecule has 2 aromatic carbocycles. The number of carbonyl (C=O) groups is 2. The Labute approximate surface area is 203 Å². The van der Waals surface area contributed by atoms with Crippen molar-refractivity contribution >= 4 is 29.1 Å². The van der Waals surface area contributed by atoms with E-state index in [4.69, 9.17) is 0 Å². The molecule has 174 valence electrons. The van der Waals surface area contributed by atoms with Crippen LogP contribution in [0.5, 0.6) is 0 Å². The average molecular weight is 465 g/mol. The van der Waals surface area contributed by atoms with Crippen molar-refractivity contribution in [2.24, 2.45) is 0 Å². The lowest BCUT2D eigenvalue weighted by Crippen LogP contribution is -2.28. The fourth-order valence-corrected chi connectivity index (χ4v) is 3.97. The molecule has 2 aromatic heterocycles. The Balaban J connectivity index is 1.28. The Bertz CT molecular complexity index is 1370. The molecule has 0 saturated carbocycles. The number of hydrogen-bond donors (Lipinski definition) is 2. The molecule has 0 bridgehead atoms. The molecule has 0 aliphatic carbocycles. The maximum absolute atomic E-state index is 12.8. The summed E-state index contributed by atoms with van der Waals surface area (Å²) in [5, 5.41) is 6.11. The third kappa shape index (κ3) is 5.01. The zero-order chi connectivity index (χ0) is 24.2. The van der Waals surface area contributed by atoms with E-state index in [9.17, 15) is 9.59 Å². The van der Waals surface area contributed by atoms with Crippen LogP contribution in [0.1, 0.15) is 21.6 Å². The van der Waals surface area contributed by atoms with Crippen LogP contribution in [0.15, 0.2) is 79.1 Å². The molecule has 0 atom stereocenters. The van der Waals surface area contributed by atoms with Crippen molar-refractivity contribution in [3.63, 3.8) is 0 Å². The molecule has 5 rings (SSSR count). The highest BCUT2D eigenvalue weighted by molar-refractivity contribution is 6.00. The molecule has 0 unspecified atom stereocenters. The minimum Gasteiger partial charge on any atom is -0.341 e. The first-order valence-corrected chi connectivity index (χ1v) is 11.3. The Morgan fingerprint density at radius 1 is 1.03 bits per heavy atom. The Kier molecular flexibility index (Phi) is 6.17. The van der Waals surface area contributed by atoms with Gasteiger partial charge in [0, 0.05) is 60.5 Å². The van der Waals surface area contributed by atoms with Crippen molar-refractivity contribution in [3.8, 4) is 11.3 Å². The molecular weight excluding hydrogens is 440 g/mol. The van der Waals surface area contributed by atoms with Crippen molar-refractivity contribution in [2.75, 3.05) is 24.2 Å². The second-order valence-electron chi connectivity index (χ2n) is 8.34. The number of hydrogen-bond acceptors (Lipinski definition) is 6. The Morgan fingerprint density at radius 3 is 2.63 bits per heavy atom. The van der Waals surface area contributed by atoms with Gasteiger partial charge in [0.2, 0.25) is 11.9 Å². The van der Waals surface area contributed by atoms with Crippen LogP contribution >= 0.6 is 0 Å². The summed E-state index contributed by atoms with van der Waals surface area (Å²) in [4.78, 5) is 40.1. The summed E-state index contributed by atoms with van der Waals surface area (Å²) in [5.74, 6) is 0.271. The number of nitrogens with zero attached hydrogens (tertiary/aromatic N) is 4. The molecule has 35 heavy (non-hydrogen) atoms. The SMILES string of the molecule is CN(CCc1ccccn1)C(=O)c1ccc(Nc2ncc3c(n2)-c2ccccc2NC(=O)C3)cc1. The molecule has 2 amide bonds. The van der Waals surface area contributed by atoms with E-state index in [1.54, 1.807) is 36.5 Å². The molecule has 0 fully saturated rings. The number of aromatic nitrogens is 3. The summed E-state index contributed by atoms with van der Waals surface area (Å²) >= 11 is 0. The summed E-state index contributed by atoms with van der Waals surface area (Å²) in [6.45, 7) is 0.581. The van der Waals surface area contributed by atoms with Crippen LogP contribution in [0.3, 0.4) is 0 Å². The van der Waals surface area contributed by atoms with Crippen molar-refractivity contribution in [2.45, 2.75) is 12.8 Å². The van der Waals surface area contributed by atoms with Crippen LogP contribution in [0.4, 0.5) is 17.3 Å². The molecular formula is C27H24N6O2. The summed E-state index contributed by atoms with van der Waals surface area (Å²) < 4.78 is 0. The van der Waals surface area contributed by atoms with E-state index in [0.717, 1.165) is 33.9 Å². The van der Waals surface area contributed by atoms with Gasteiger partial charge in [-0.3, -0.25) is 14.6 Å². The van der Waals surface area contributed by atoms with Gasteiger partial charge in [-0.25, -0.2) is 9.97 Å². The van der Waals surface area contributed by atoms with Crippen LogP contribution in [-0.2, 0) is 17.6 Å². The van der Waals surface area contributed by atoms with E-state index >= 15 is 0 Å². The normalized spacial score (nSPS) is 12.1. The van der Waals surface area contributed by atoms with Gasteiger partial charge in [-0.15, -0.1) is 0 Å². The van der Waals surface area contributed by atoms with Gasteiger partial charge in [0.05, 0.1) is 17.8 Å². The van der Waals surface area contributed by atoms with E-state index < -0.39 is 0 Å². The molecule has 8 nitrogen and oxygen atoms in total. The van der Waals surface area contributed by atoms with Crippen LogP contribution in [0, 0.1) is 0 Å². The molecule has 0 saturated heterocycles. The van der Waals surface area contributed by atoms with Crippen molar-refractivity contribution < 1.29 is 9.59 Å². The number of fused-ring (bicyclic) bond motifs is 3. The van der Waals surface area contributed by atoms with E-state index in [1.165, 1.54) is 0 Å². The highest BCUT2D eigenvalue weighted by Gasteiger charge is 2.20. The molecule has 3 heterocycles. The van der Waals surface area contributed by atoms with Crippen LogP contribution < -0.4 is 10.6 Å². The first-order chi connectivity index (χ1) is 17.1. The standard InChI is InChI=1S/C27H24N6O2/c1-33(15-13-20-6-4-5-14-28-20)26(35)18-9-11-21(12-10-18)30-27-29-17-19-16-24(34)31-23-8-3-2-7-22(23)25(19)32-27/h2-12,14,17H,13,15-16H2,1H3,(H,31,34)(H,29,30,32). The number of rotatable bonds is 6. The van der Waals surface area contributed by atoms with Gasteiger partial charge in [0.25, 0.3) is 5.91 Å². The number of benzene rings is 2.